The molecule has 1 aliphatic heterocycles. The van der Waals surface area contributed by atoms with Gasteiger partial charge in [-0.1, -0.05) is 24.3 Å². The number of hydrogen-bond donors (Lipinski definition) is 1. The van der Waals surface area contributed by atoms with Crippen molar-refractivity contribution in [2.24, 2.45) is 5.92 Å². The molecule has 1 aliphatic rings. The molecular formula is C13H18OS. The minimum Gasteiger partial charge on any atom is -0.381 e. The van der Waals surface area contributed by atoms with Gasteiger partial charge in [0.15, 0.2) is 0 Å². The summed E-state index contributed by atoms with van der Waals surface area (Å²) in [6.45, 7) is 3.91. The second-order valence-corrected chi connectivity index (χ2v) is 4.98. The zero-order valence-electron chi connectivity index (χ0n) is 9.15. The standard InChI is InChI=1S/C13H18OS/c1-10-4-2-3-5-11(10)8-12-9-14-7-6-13(12)15/h2-5,12-13,15H,6-9H2,1H3. The molecule has 15 heavy (non-hydrogen) atoms. The quantitative estimate of drug-likeness (QED) is 0.757. The first kappa shape index (κ1) is 11.0. The summed E-state index contributed by atoms with van der Waals surface area (Å²) in [5, 5.41) is 0.498. The summed E-state index contributed by atoms with van der Waals surface area (Å²) in [4.78, 5) is 0. The fraction of sp³-hybridized carbons (Fsp3) is 0.538. The van der Waals surface area contributed by atoms with Crippen LogP contribution in [0.5, 0.6) is 0 Å². The largest absolute Gasteiger partial charge is 0.381 e. The van der Waals surface area contributed by atoms with Crippen LogP contribution in [0.2, 0.25) is 0 Å². The molecule has 0 spiro atoms. The van der Waals surface area contributed by atoms with Crippen molar-refractivity contribution in [1.29, 1.82) is 0 Å². The van der Waals surface area contributed by atoms with Gasteiger partial charge in [-0.15, -0.1) is 0 Å². The van der Waals surface area contributed by atoms with Gasteiger partial charge >= 0.3 is 0 Å². The molecule has 0 N–H and O–H groups in total. The monoisotopic (exact) mass is 222 g/mol. The first-order valence-electron chi connectivity index (χ1n) is 5.57. The summed E-state index contributed by atoms with van der Waals surface area (Å²) >= 11 is 4.64. The smallest absolute Gasteiger partial charge is 0.0507 e. The molecule has 0 aromatic heterocycles. The van der Waals surface area contributed by atoms with Gasteiger partial charge in [-0.25, -0.2) is 0 Å². The molecule has 0 aliphatic carbocycles. The summed E-state index contributed by atoms with van der Waals surface area (Å²) in [5.41, 5.74) is 2.82. The molecule has 82 valence electrons. The van der Waals surface area contributed by atoms with E-state index in [9.17, 15) is 0 Å². The topological polar surface area (TPSA) is 9.23 Å². The van der Waals surface area contributed by atoms with Crippen molar-refractivity contribution in [2.45, 2.75) is 25.0 Å². The van der Waals surface area contributed by atoms with Crippen LogP contribution < -0.4 is 0 Å². The zero-order chi connectivity index (χ0) is 10.7. The van der Waals surface area contributed by atoms with Gasteiger partial charge in [-0.3, -0.25) is 0 Å². The van der Waals surface area contributed by atoms with Gasteiger partial charge in [-0.05, 0) is 36.8 Å². The average Bonchev–Trinajstić information content (AvgIpc) is 2.24. The molecule has 0 bridgehead atoms. The number of thiol groups is 1. The third-order valence-corrected chi connectivity index (χ3v) is 3.86. The van der Waals surface area contributed by atoms with E-state index in [0.29, 0.717) is 11.2 Å². The van der Waals surface area contributed by atoms with E-state index in [1.54, 1.807) is 0 Å². The van der Waals surface area contributed by atoms with Crippen LogP contribution in [0.25, 0.3) is 0 Å². The van der Waals surface area contributed by atoms with Gasteiger partial charge in [0.25, 0.3) is 0 Å². The van der Waals surface area contributed by atoms with Crippen LogP contribution in [-0.2, 0) is 11.2 Å². The molecule has 1 nitrogen and oxygen atoms in total. The minimum atomic E-state index is 0.498. The Morgan fingerprint density at radius 3 is 2.93 bits per heavy atom. The molecule has 2 unspecified atom stereocenters. The van der Waals surface area contributed by atoms with E-state index in [4.69, 9.17) is 4.74 Å². The lowest BCUT2D eigenvalue weighted by atomic mass is 9.91. The Labute approximate surface area is 97.2 Å². The van der Waals surface area contributed by atoms with Gasteiger partial charge in [0.05, 0.1) is 6.61 Å². The summed E-state index contributed by atoms with van der Waals surface area (Å²) in [6.07, 6.45) is 2.18. The van der Waals surface area contributed by atoms with Crippen molar-refractivity contribution in [3.8, 4) is 0 Å². The Bertz CT molecular complexity index is 324. The number of benzene rings is 1. The summed E-state index contributed by atoms with van der Waals surface area (Å²) < 4.78 is 5.52. The Balaban J connectivity index is 2.04. The van der Waals surface area contributed by atoms with Crippen molar-refractivity contribution in [1.82, 2.24) is 0 Å². The van der Waals surface area contributed by atoms with Gasteiger partial charge in [-0.2, -0.15) is 12.6 Å². The third kappa shape index (κ3) is 2.76. The molecule has 1 saturated heterocycles. The van der Waals surface area contributed by atoms with Crippen LogP contribution in [0.1, 0.15) is 17.5 Å². The molecule has 1 aromatic rings. The predicted octanol–water partition coefficient (Wildman–Crippen LogP) is 2.87. The summed E-state index contributed by atoms with van der Waals surface area (Å²) in [7, 11) is 0. The molecule has 2 heteroatoms. The fourth-order valence-corrected chi connectivity index (χ4v) is 2.40. The predicted molar refractivity (Wildman–Crippen MR) is 66.6 cm³/mol. The molecule has 0 amide bonds. The average molecular weight is 222 g/mol. The van der Waals surface area contributed by atoms with Gasteiger partial charge < -0.3 is 4.74 Å². The van der Waals surface area contributed by atoms with Crippen LogP contribution >= 0.6 is 12.6 Å². The van der Waals surface area contributed by atoms with Gasteiger partial charge in [0.1, 0.15) is 0 Å². The molecule has 1 aromatic carbocycles. The third-order valence-electron chi connectivity index (χ3n) is 3.18. The second kappa shape index (κ2) is 5.04. The normalized spacial score (nSPS) is 26.5. The van der Waals surface area contributed by atoms with E-state index < -0.39 is 0 Å². The molecule has 0 saturated carbocycles. The van der Waals surface area contributed by atoms with Crippen LogP contribution in [0, 0.1) is 12.8 Å². The van der Waals surface area contributed by atoms with Crippen molar-refractivity contribution in [2.75, 3.05) is 13.2 Å². The highest BCUT2D eigenvalue weighted by molar-refractivity contribution is 7.81. The minimum absolute atomic E-state index is 0.498. The number of ether oxygens (including phenoxy) is 1. The zero-order valence-corrected chi connectivity index (χ0v) is 10.0. The molecule has 2 atom stereocenters. The lowest BCUT2D eigenvalue weighted by molar-refractivity contribution is 0.0596. The van der Waals surface area contributed by atoms with Crippen LogP contribution in [0.15, 0.2) is 24.3 Å². The second-order valence-electron chi connectivity index (χ2n) is 4.32. The maximum Gasteiger partial charge on any atom is 0.0507 e. The lowest BCUT2D eigenvalue weighted by Gasteiger charge is -2.28. The van der Waals surface area contributed by atoms with Crippen LogP contribution in [0.4, 0.5) is 0 Å². The van der Waals surface area contributed by atoms with Crippen LogP contribution in [0.3, 0.4) is 0 Å². The van der Waals surface area contributed by atoms with Gasteiger partial charge in [0, 0.05) is 11.9 Å². The Morgan fingerprint density at radius 2 is 2.20 bits per heavy atom. The first-order valence-corrected chi connectivity index (χ1v) is 6.09. The van der Waals surface area contributed by atoms with E-state index in [-0.39, 0.29) is 0 Å². The van der Waals surface area contributed by atoms with E-state index >= 15 is 0 Å². The fourth-order valence-electron chi connectivity index (χ4n) is 2.10. The number of hydrogen-bond acceptors (Lipinski definition) is 2. The lowest BCUT2D eigenvalue weighted by Crippen LogP contribution is -2.29. The molecule has 1 heterocycles. The van der Waals surface area contributed by atoms with E-state index in [1.807, 2.05) is 0 Å². The van der Waals surface area contributed by atoms with E-state index in [0.717, 1.165) is 26.1 Å². The number of aryl methyl sites for hydroxylation is 1. The Hall–Kier alpha value is -0.470. The van der Waals surface area contributed by atoms with Crippen molar-refractivity contribution in [3.63, 3.8) is 0 Å². The summed E-state index contributed by atoms with van der Waals surface area (Å²) in [6, 6.07) is 8.59. The molecule has 1 fully saturated rings. The van der Waals surface area contributed by atoms with Crippen molar-refractivity contribution >= 4 is 12.6 Å². The van der Waals surface area contributed by atoms with E-state index in [2.05, 4.69) is 43.8 Å². The first-order chi connectivity index (χ1) is 7.27. The highest BCUT2D eigenvalue weighted by Gasteiger charge is 2.23. The Morgan fingerprint density at radius 1 is 1.40 bits per heavy atom. The highest BCUT2D eigenvalue weighted by atomic mass is 32.1. The Kier molecular flexibility index (Phi) is 3.71. The van der Waals surface area contributed by atoms with Gasteiger partial charge in [0.2, 0.25) is 0 Å². The molecular weight excluding hydrogens is 204 g/mol. The highest BCUT2D eigenvalue weighted by Crippen LogP contribution is 2.24. The molecule has 2 rings (SSSR count). The van der Waals surface area contributed by atoms with E-state index in [1.165, 1.54) is 11.1 Å². The SMILES string of the molecule is Cc1ccccc1CC1COCCC1S. The van der Waals surface area contributed by atoms with Crippen molar-refractivity contribution in [3.05, 3.63) is 35.4 Å². The van der Waals surface area contributed by atoms with Crippen molar-refractivity contribution < 1.29 is 4.74 Å². The van der Waals surface area contributed by atoms with Crippen LogP contribution in [-0.4, -0.2) is 18.5 Å². The maximum absolute atomic E-state index is 5.52. The molecule has 0 radical (unpaired) electrons. The maximum atomic E-state index is 5.52. The number of rotatable bonds is 2. The summed E-state index contributed by atoms with van der Waals surface area (Å²) in [5.74, 6) is 0.572.